The highest BCUT2D eigenvalue weighted by atomic mass is 35.5. The molecule has 0 saturated carbocycles. The number of carbonyl (C=O) groups is 1. The SMILES string of the molecule is O=C1CC(NCc2ccc(Cl)c(Cl)c2)CN1. The van der Waals surface area contributed by atoms with Crippen LogP contribution in [0.5, 0.6) is 0 Å². The van der Waals surface area contributed by atoms with E-state index in [0.29, 0.717) is 29.6 Å². The summed E-state index contributed by atoms with van der Waals surface area (Å²) in [5, 5.41) is 7.18. The first-order valence-electron chi connectivity index (χ1n) is 5.09. The van der Waals surface area contributed by atoms with E-state index in [0.717, 1.165) is 5.56 Å². The van der Waals surface area contributed by atoms with E-state index in [1.54, 1.807) is 6.07 Å². The summed E-state index contributed by atoms with van der Waals surface area (Å²) in [6.07, 6.45) is 0.543. The Balaban J connectivity index is 1.89. The highest BCUT2D eigenvalue weighted by molar-refractivity contribution is 6.42. The Morgan fingerprint density at radius 1 is 1.38 bits per heavy atom. The predicted octanol–water partition coefficient (Wildman–Crippen LogP) is 1.97. The van der Waals surface area contributed by atoms with E-state index in [1.165, 1.54) is 0 Å². The van der Waals surface area contributed by atoms with Crippen molar-refractivity contribution in [3.63, 3.8) is 0 Å². The zero-order valence-corrected chi connectivity index (χ0v) is 10.1. The molecule has 1 saturated heterocycles. The summed E-state index contributed by atoms with van der Waals surface area (Å²) in [4.78, 5) is 11.0. The molecule has 1 amide bonds. The van der Waals surface area contributed by atoms with Gasteiger partial charge in [-0.25, -0.2) is 0 Å². The summed E-state index contributed by atoms with van der Waals surface area (Å²) in [5.74, 6) is 0.103. The van der Waals surface area contributed by atoms with Crippen molar-refractivity contribution in [3.05, 3.63) is 33.8 Å². The summed E-state index contributed by atoms with van der Waals surface area (Å²) in [5.41, 5.74) is 1.06. The van der Waals surface area contributed by atoms with Gasteiger partial charge in [0.1, 0.15) is 0 Å². The van der Waals surface area contributed by atoms with Gasteiger partial charge in [0.2, 0.25) is 5.91 Å². The van der Waals surface area contributed by atoms with E-state index in [4.69, 9.17) is 23.2 Å². The minimum Gasteiger partial charge on any atom is -0.354 e. The van der Waals surface area contributed by atoms with Gasteiger partial charge in [0.25, 0.3) is 0 Å². The van der Waals surface area contributed by atoms with E-state index in [1.807, 2.05) is 12.1 Å². The number of halogens is 2. The summed E-state index contributed by atoms with van der Waals surface area (Å²) < 4.78 is 0. The first kappa shape index (κ1) is 11.7. The lowest BCUT2D eigenvalue weighted by Gasteiger charge is -2.10. The van der Waals surface area contributed by atoms with E-state index >= 15 is 0 Å². The van der Waals surface area contributed by atoms with Gasteiger partial charge in [-0.3, -0.25) is 4.79 Å². The van der Waals surface area contributed by atoms with Crippen LogP contribution in [0.4, 0.5) is 0 Å². The average Bonchev–Trinajstić information content (AvgIpc) is 2.66. The van der Waals surface area contributed by atoms with Crippen LogP contribution in [0, 0.1) is 0 Å². The quantitative estimate of drug-likeness (QED) is 0.871. The van der Waals surface area contributed by atoms with Crippen LogP contribution in [0.1, 0.15) is 12.0 Å². The average molecular weight is 259 g/mol. The molecular weight excluding hydrogens is 247 g/mol. The van der Waals surface area contributed by atoms with Crippen LogP contribution >= 0.6 is 23.2 Å². The van der Waals surface area contributed by atoms with Gasteiger partial charge in [-0.15, -0.1) is 0 Å². The lowest BCUT2D eigenvalue weighted by atomic mass is 10.2. The first-order valence-corrected chi connectivity index (χ1v) is 5.85. The van der Waals surface area contributed by atoms with Gasteiger partial charge >= 0.3 is 0 Å². The Morgan fingerprint density at radius 2 is 2.19 bits per heavy atom. The molecule has 0 radical (unpaired) electrons. The molecule has 3 nitrogen and oxygen atoms in total. The number of amides is 1. The third-order valence-corrected chi connectivity index (χ3v) is 3.30. The number of nitrogens with one attached hydrogen (secondary N) is 2. The second kappa shape index (κ2) is 5.04. The first-order chi connectivity index (χ1) is 7.65. The summed E-state index contributed by atoms with van der Waals surface area (Å²) in [7, 11) is 0. The topological polar surface area (TPSA) is 41.1 Å². The van der Waals surface area contributed by atoms with Gasteiger partial charge in [0, 0.05) is 25.6 Å². The van der Waals surface area contributed by atoms with Gasteiger partial charge in [0.15, 0.2) is 0 Å². The molecule has 0 aromatic heterocycles. The van der Waals surface area contributed by atoms with E-state index in [9.17, 15) is 4.79 Å². The number of hydrogen-bond donors (Lipinski definition) is 2. The lowest BCUT2D eigenvalue weighted by molar-refractivity contribution is -0.119. The maximum atomic E-state index is 11.0. The van der Waals surface area contributed by atoms with Gasteiger partial charge in [-0.05, 0) is 17.7 Å². The maximum Gasteiger partial charge on any atom is 0.221 e. The van der Waals surface area contributed by atoms with Gasteiger partial charge in [-0.2, -0.15) is 0 Å². The molecule has 1 aliphatic rings. The highest BCUT2D eigenvalue weighted by Crippen LogP contribution is 2.22. The fourth-order valence-corrected chi connectivity index (χ4v) is 1.98. The Kier molecular flexibility index (Phi) is 3.69. The normalized spacial score (nSPS) is 19.9. The molecule has 0 aliphatic carbocycles. The molecule has 5 heteroatoms. The van der Waals surface area contributed by atoms with Crippen LogP contribution in [0.3, 0.4) is 0 Å². The van der Waals surface area contributed by atoms with Crippen LogP contribution in [0.2, 0.25) is 10.0 Å². The van der Waals surface area contributed by atoms with Crippen molar-refractivity contribution in [1.82, 2.24) is 10.6 Å². The summed E-state index contributed by atoms with van der Waals surface area (Å²) >= 11 is 11.7. The summed E-state index contributed by atoms with van der Waals surface area (Å²) in [6, 6.07) is 5.74. The van der Waals surface area contributed by atoms with Crippen molar-refractivity contribution in [2.45, 2.75) is 19.0 Å². The third kappa shape index (κ3) is 2.88. The predicted molar refractivity (Wildman–Crippen MR) is 64.7 cm³/mol. The van der Waals surface area contributed by atoms with Crippen molar-refractivity contribution in [2.75, 3.05) is 6.54 Å². The van der Waals surface area contributed by atoms with Crippen molar-refractivity contribution >= 4 is 29.1 Å². The fourth-order valence-electron chi connectivity index (χ4n) is 1.66. The zero-order valence-electron chi connectivity index (χ0n) is 8.59. The number of rotatable bonds is 3. The molecule has 2 N–H and O–H groups in total. The molecular formula is C11H12Cl2N2O. The third-order valence-electron chi connectivity index (χ3n) is 2.56. The van der Waals surface area contributed by atoms with Gasteiger partial charge in [-0.1, -0.05) is 29.3 Å². The molecule has 1 fully saturated rings. The molecule has 1 aliphatic heterocycles. The molecule has 86 valence electrons. The van der Waals surface area contributed by atoms with Crippen molar-refractivity contribution < 1.29 is 4.79 Å². The van der Waals surface area contributed by atoms with Crippen molar-refractivity contribution in [2.24, 2.45) is 0 Å². The number of hydrogen-bond acceptors (Lipinski definition) is 2. The van der Waals surface area contributed by atoms with Crippen molar-refractivity contribution in [3.8, 4) is 0 Å². The van der Waals surface area contributed by atoms with E-state index < -0.39 is 0 Å². The number of benzene rings is 1. The van der Waals surface area contributed by atoms with Crippen LogP contribution in [0.15, 0.2) is 18.2 Å². The van der Waals surface area contributed by atoms with Crippen LogP contribution in [-0.4, -0.2) is 18.5 Å². The molecule has 2 rings (SSSR count). The van der Waals surface area contributed by atoms with E-state index in [2.05, 4.69) is 10.6 Å². The molecule has 0 spiro atoms. The number of carbonyl (C=O) groups excluding carboxylic acids is 1. The summed E-state index contributed by atoms with van der Waals surface area (Å²) in [6.45, 7) is 1.39. The molecule has 0 bridgehead atoms. The van der Waals surface area contributed by atoms with Crippen LogP contribution < -0.4 is 10.6 Å². The minimum atomic E-state index is 0.103. The van der Waals surface area contributed by atoms with Gasteiger partial charge in [0.05, 0.1) is 10.0 Å². The fraction of sp³-hybridized carbons (Fsp3) is 0.364. The molecule has 16 heavy (non-hydrogen) atoms. The molecule has 1 atom stereocenters. The van der Waals surface area contributed by atoms with Crippen LogP contribution in [0.25, 0.3) is 0 Å². The zero-order chi connectivity index (χ0) is 11.5. The van der Waals surface area contributed by atoms with Gasteiger partial charge < -0.3 is 10.6 Å². The second-order valence-electron chi connectivity index (χ2n) is 3.83. The van der Waals surface area contributed by atoms with Crippen molar-refractivity contribution in [1.29, 1.82) is 0 Å². The Hall–Kier alpha value is -0.770. The largest absolute Gasteiger partial charge is 0.354 e. The Labute approximate surface area is 104 Å². The highest BCUT2D eigenvalue weighted by Gasteiger charge is 2.20. The molecule has 1 aromatic carbocycles. The molecule has 1 aromatic rings. The molecule has 1 unspecified atom stereocenters. The Morgan fingerprint density at radius 3 is 2.81 bits per heavy atom. The lowest BCUT2D eigenvalue weighted by Crippen LogP contribution is -2.30. The minimum absolute atomic E-state index is 0.103. The molecule has 1 heterocycles. The standard InChI is InChI=1S/C11H12Cl2N2O/c12-9-2-1-7(3-10(9)13)5-14-8-4-11(16)15-6-8/h1-3,8,14H,4-6H2,(H,15,16). The Bertz CT molecular complexity index is 409. The monoisotopic (exact) mass is 258 g/mol. The maximum absolute atomic E-state index is 11.0. The second-order valence-corrected chi connectivity index (χ2v) is 4.65. The van der Waals surface area contributed by atoms with E-state index in [-0.39, 0.29) is 11.9 Å². The smallest absolute Gasteiger partial charge is 0.221 e. The van der Waals surface area contributed by atoms with Crippen LogP contribution in [-0.2, 0) is 11.3 Å².